The molecule has 1 amide bonds. The molecule has 8 heteroatoms. The highest BCUT2D eigenvalue weighted by Crippen LogP contribution is 2.08. The van der Waals surface area contributed by atoms with Crippen molar-refractivity contribution in [1.82, 2.24) is 5.32 Å². The van der Waals surface area contributed by atoms with Crippen molar-refractivity contribution in [3.63, 3.8) is 0 Å². The minimum absolute atomic E-state index is 0.0735. The van der Waals surface area contributed by atoms with Gasteiger partial charge in [0.15, 0.2) is 0 Å². The van der Waals surface area contributed by atoms with E-state index >= 15 is 0 Å². The van der Waals surface area contributed by atoms with Crippen molar-refractivity contribution in [2.24, 2.45) is 0 Å². The summed E-state index contributed by atoms with van der Waals surface area (Å²) in [6.45, 7) is 0.654. The molecule has 7 nitrogen and oxygen atoms in total. The minimum atomic E-state index is -1.24. The van der Waals surface area contributed by atoms with Crippen molar-refractivity contribution in [2.45, 2.75) is 25.2 Å². The number of nitrogens with one attached hydrogen (secondary N) is 1. The number of carbonyl (C=O) groups excluding carboxylic acids is 1. The molecule has 0 aromatic heterocycles. The molecule has 17 heavy (non-hydrogen) atoms. The zero-order valence-electron chi connectivity index (χ0n) is 9.37. The Morgan fingerprint density at radius 3 is 2.24 bits per heavy atom. The molecule has 0 heterocycles. The third-order valence-electron chi connectivity index (χ3n) is 1.88. The summed E-state index contributed by atoms with van der Waals surface area (Å²) in [5, 5.41) is 37.9. The molecule has 0 aliphatic rings. The Labute approximate surface area is 103 Å². The number of hydrogen-bond donors (Lipinski definition) is 5. The Morgan fingerprint density at radius 2 is 1.82 bits per heavy atom. The summed E-state index contributed by atoms with van der Waals surface area (Å²) in [4.78, 5) is 21.4. The van der Waals surface area contributed by atoms with Gasteiger partial charge in [-0.05, 0) is 0 Å². The number of carboxylic acids is 1. The lowest BCUT2D eigenvalue weighted by Crippen LogP contribution is -2.42. The second-order valence-electron chi connectivity index (χ2n) is 3.45. The van der Waals surface area contributed by atoms with E-state index in [1.807, 2.05) is 0 Å². The van der Waals surface area contributed by atoms with Crippen LogP contribution < -0.4 is 5.32 Å². The number of amides is 1. The van der Waals surface area contributed by atoms with Crippen LogP contribution in [-0.4, -0.2) is 68.7 Å². The van der Waals surface area contributed by atoms with Gasteiger partial charge in [-0.25, -0.2) is 4.79 Å². The van der Waals surface area contributed by atoms with Crippen LogP contribution in [0.15, 0.2) is 0 Å². The Kier molecular flexibility index (Phi) is 7.88. The third kappa shape index (κ3) is 7.16. The van der Waals surface area contributed by atoms with Crippen LogP contribution in [0.1, 0.15) is 6.92 Å². The van der Waals surface area contributed by atoms with E-state index in [0.29, 0.717) is 0 Å². The van der Waals surface area contributed by atoms with Crippen LogP contribution in [0.3, 0.4) is 0 Å². The highest BCUT2D eigenvalue weighted by molar-refractivity contribution is 7.99. The monoisotopic (exact) mass is 267 g/mol. The number of aliphatic carboxylic acids is 1. The van der Waals surface area contributed by atoms with Crippen LogP contribution in [-0.2, 0) is 9.59 Å². The van der Waals surface area contributed by atoms with Gasteiger partial charge in [-0.2, -0.15) is 11.8 Å². The van der Waals surface area contributed by atoms with Crippen LogP contribution in [0.2, 0.25) is 0 Å². The van der Waals surface area contributed by atoms with Crippen molar-refractivity contribution in [2.75, 3.05) is 18.1 Å². The maximum absolute atomic E-state index is 10.7. The number of aliphatic hydroxyl groups excluding tert-OH is 3. The smallest absolute Gasteiger partial charge is 0.327 e. The largest absolute Gasteiger partial charge is 0.480 e. The standard InChI is InChI=1S/C9H17NO6S/c1-5(12)10-6(9(15)16)3-17-4-8(14)7(13)2-11/h6-8,11,13-14H,2-4H2,1H3,(H,10,12)(H,15,16)/t6-,7-,8+/m0/s1. The molecule has 5 N–H and O–H groups in total. The number of carboxylic acid groups (broad SMARTS) is 1. The molecule has 0 saturated heterocycles. The van der Waals surface area contributed by atoms with E-state index < -0.39 is 36.7 Å². The van der Waals surface area contributed by atoms with Gasteiger partial charge in [-0.1, -0.05) is 0 Å². The van der Waals surface area contributed by atoms with Crippen molar-refractivity contribution in [3.05, 3.63) is 0 Å². The molecule has 0 rings (SSSR count). The highest BCUT2D eigenvalue weighted by Gasteiger charge is 2.20. The Morgan fingerprint density at radius 1 is 1.24 bits per heavy atom. The summed E-state index contributed by atoms with van der Waals surface area (Å²) in [5.41, 5.74) is 0. The molecule has 0 unspecified atom stereocenters. The topological polar surface area (TPSA) is 127 Å². The number of carbonyl (C=O) groups is 2. The molecule has 0 radical (unpaired) electrons. The number of hydrogen-bond acceptors (Lipinski definition) is 6. The molecule has 0 saturated carbocycles. The van der Waals surface area contributed by atoms with Gasteiger partial charge < -0.3 is 25.7 Å². The molecule has 3 atom stereocenters. The average molecular weight is 267 g/mol. The van der Waals surface area contributed by atoms with Gasteiger partial charge in [-0.3, -0.25) is 4.79 Å². The highest BCUT2D eigenvalue weighted by atomic mass is 32.2. The fraction of sp³-hybridized carbons (Fsp3) is 0.778. The summed E-state index contributed by atoms with van der Waals surface area (Å²) >= 11 is 1.07. The molecule has 0 spiro atoms. The second kappa shape index (κ2) is 8.29. The number of aliphatic hydroxyl groups is 3. The predicted octanol–water partition coefficient (Wildman–Crippen LogP) is -1.98. The van der Waals surface area contributed by atoms with E-state index in [1.54, 1.807) is 0 Å². The van der Waals surface area contributed by atoms with Crippen LogP contribution in [0.5, 0.6) is 0 Å². The normalized spacial score (nSPS) is 16.0. The first-order valence-corrected chi connectivity index (χ1v) is 6.08. The van der Waals surface area contributed by atoms with E-state index in [4.69, 9.17) is 15.3 Å². The Hall–Kier alpha value is -0.830. The lowest BCUT2D eigenvalue weighted by atomic mass is 10.2. The van der Waals surface area contributed by atoms with Crippen LogP contribution >= 0.6 is 11.8 Å². The molecular formula is C9H17NO6S. The van der Waals surface area contributed by atoms with E-state index in [9.17, 15) is 14.7 Å². The van der Waals surface area contributed by atoms with Gasteiger partial charge >= 0.3 is 5.97 Å². The summed E-state index contributed by atoms with van der Waals surface area (Å²) in [5.74, 6) is -1.46. The number of rotatable bonds is 8. The molecule has 100 valence electrons. The first-order chi connectivity index (χ1) is 7.88. The number of thioether (sulfide) groups is 1. The molecular weight excluding hydrogens is 250 g/mol. The van der Waals surface area contributed by atoms with Gasteiger partial charge in [0.05, 0.1) is 12.7 Å². The maximum atomic E-state index is 10.7. The fourth-order valence-corrected chi connectivity index (χ4v) is 2.02. The van der Waals surface area contributed by atoms with Crippen molar-refractivity contribution in [1.29, 1.82) is 0 Å². The van der Waals surface area contributed by atoms with E-state index in [2.05, 4.69) is 5.32 Å². The minimum Gasteiger partial charge on any atom is -0.480 e. The first kappa shape index (κ1) is 16.2. The SMILES string of the molecule is CC(=O)N[C@@H](CSC[C@@H](O)[C@@H](O)CO)C(=O)O. The predicted molar refractivity (Wildman–Crippen MR) is 61.7 cm³/mol. The molecule has 0 aromatic rings. The summed E-state index contributed by atoms with van der Waals surface area (Å²) < 4.78 is 0. The van der Waals surface area contributed by atoms with Crippen LogP contribution in [0.25, 0.3) is 0 Å². The van der Waals surface area contributed by atoms with Gasteiger partial charge in [0.2, 0.25) is 5.91 Å². The molecule has 0 fully saturated rings. The summed E-state index contributed by atoms with van der Waals surface area (Å²) in [6.07, 6.45) is -2.37. The van der Waals surface area contributed by atoms with Gasteiger partial charge in [0.1, 0.15) is 12.1 Å². The van der Waals surface area contributed by atoms with Crippen LogP contribution in [0.4, 0.5) is 0 Å². The van der Waals surface area contributed by atoms with Crippen LogP contribution in [0, 0.1) is 0 Å². The Balaban J connectivity index is 3.98. The summed E-state index contributed by atoms with van der Waals surface area (Å²) in [6, 6.07) is -1.03. The third-order valence-corrected chi connectivity index (χ3v) is 3.03. The van der Waals surface area contributed by atoms with Crippen molar-refractivity contribution in [3.8, 4) is 0 Å². The zero-order valence-corrected chi connectivity index (χ0v) is 10.2. The molecule has 0 bridgehead atoms. The quantitative estimate of drug-likeness (QED) is 0.345. The van der Waals surface area contributed by atoms with Gasteiger partial charge in [0, 0.05) is 18.4 Å². The van der Waals surface area contributed by atoms with Gasteiger partial charge in [0.25, 0.3) is 0 Å². The van der Waals surface area contributed by atoms with Crippen molar-refractivity contribution >= 4 is 23.6 Å². The molecule has 0 aliphatic heterocycles. The fourth-order valence-electron chi connectivity index (χ4n) is 0.959. The maximum Gasteiger partial charge on any atom is 0.327 e. The zero-order chi connectivity index (χ0) is 13.4. The average Bonchev–Trinajstić information content (AvgIpc) is 2.25. The molecule has 0 aromatic carbocycles. The molecule has 0 aliphatic carbocycles. The van der Waals surface area contributed by atoms with E-state index in [0.717, 1.165) is 11.8 Å². The van der Waals surface area contributed by atoms with E-state index in [1.165, 1.54) is 6.92 Å². The first-order valence-electron chi connectivity index (χ1n) is 4.93. The van der Waals surface area contributed by atoms with Gasteiger partial charge in [-0.15, -0.1) is 0 Å². The summed E-state index contributed by atoms with van der Waals surface area (Å²) in [7, 11) is 0. The Bertz CT molecular complexity index is 262. The second-order valence-corrected chi connectivity index (χ2v) is 4.52. The van der Waals surface area contributed by atoms with Crippen molar-refractivity contribution < 1.29 is 30.0 Å². The lowest BCUT2D eigenvalue weighted by Gasteiger charge is -2.17. The van der Waals surface area contributed by atoms with E-state index in [-0.39, 0.29) is 11.5 Å². The lowest BCUT2D eigenvalue weighted by molar-refractivity contribution is -0.140.